The third kappa shape index (κ3) is 2.90. The van der Waals surface area contributed by atoms with Crippen LogP contribution in [0.1, 0.15) is 43.0 Å². The lowest BCUT2D eigenvalue weighted by Gasteiger charge is -2.29. The molecule has 1 aliphatic carbocycles. The summed E-state index contributed by atoms with van der Waals surface area (Å²) in [6.07, 6.45) is -2.38. The number of nitrogens with one attached hydrogen (secondary N) is 1. The van der Waals surface area contributed by atoms with Crippen molar-refractivity contribution in [2.45, 2.75) is 44.3 Å². The van der Waals surface area contributed by atoms with Gasteiger partial charge in [0.05, 0.1) is 17.0 Å². The third-order valence-electron chi connectivity index (χ3n) is 4.32. The van der Waals surface area contributed by atoms with Crippen molar-refractivity contribution in [1.82, 2.24) is 9.97 Å². The number of rotatable bonds is 2. The molecule has 0 radical (unpaired) electrons. The van der Waals surface area contributed by atoms with Gasteiger partial charge in [0.2, 0.25) is 0 Å². The van der Waals surface area contributed by atoms with Gasteiger partial charge in [0.25, 0.3) is 0 Å². The maximum atomic E-state index is 12.9. The van der Waals surface area contributed by atoms with E-state index in [1.165, 1.54) is 0 Å². The van der Waals surface area contributed by atoms with Crippen LogP contribution < -0.4 is 5.73 Å². The molecule has 1 fully saturated rings. The zero-order valence-electron chi connectivity index (χ0n) is 11.6. The van der Waals surface area contributed by atoms with Crippen molar-refractivity contribution in [3.05, 3.63) is 29.6 Å². The Labute approximate surface area is 120 Å². The number of nitrogens with zero attached hydrogens (tertiary/aromatic N) is 1. The molecule has 1 aromatic carbocycles. The van der Waals surface area contributed by atoms with Gasteiger partial charge in [-0.15, -0.1) is 0 Å². The van der Waals surface area contributed by atoms with E-state index in [1.807, 2.05) is 18.2 Å². The summed E-state index contributed by atoms with van der Waals surface area (Å²) in [5.74, 6) is -0.670. The highest BCUT2D eigenvalue weighted by atomic mass is 19.4. The predicted octanol–water partition coefficient (Wildman–Crippen LogP) is 3.86. The molecule has 3 rings (SSSR count). The van der Waals surface area contributed by atoms with Crippen LogP contribution in [0.2, 0.25) is 0 Å². The van der Waals surface area contributed by atoms with Gasteiger partial charge >= 0.3 is 6.18 Å². The first kappa shape index (κ1) is 14.4. The highest BCUT2D eigenvalue weighted by molar-refractivity contribution is 5.76. The Morgan fingerprint density at radius 3 is 2.81 bits per heavy atom. The van der Waals surface area contributed by atoms with Crippen molar-refractivity contribution in [1.29, 1.82) is 0 Å². The van der Waals surface area contributed by atoms with Crippen molar-refractivity contribution >= 4 is 11.0 Å². The molecule has 1 aliphatic rings. The summed E-state index contributed by atoms with van der Waals surface area (Å²) in [6, 6.07) is 5.67. The number of nitrogens with two attached hydrogens (primary N) is 1. The van der Waals surface area contributed by atoms with Gasteiger partial charge in [0, 0.05) is 12.5 Å². The number of fused-ring (bicyclic) bond motifs is 1. The van der Waals surface area contributed by atoms with Crippen LogP contribution in [0.5, 0.6) is 0 Å². The fourth-order valence-corrected chi connectivity index (χ4v) is 3.13. The number of aromatic amines is 1. The highest BCUT2D eigenvalue weighted by Gasteiger charge is 2.42. The highest BCUT2D eigenvalue weighted by Crippen LogP contribution is 2.43. The topological polar surface area (TPSA) is 54.7 Å². The minimum absolute atomic E-state index is 0.132. The Bertz CT molecular complexity index is 633. The van der Waals surface area contributed by atoms with Crippen molar-refractivity contribution in [3.8, 4) is 0 Å². The molecule has 2 aromatic rings. The maximum Gasteiger partial charge on any atom is 0.391 e. The van der Waals surface area contributed by atoms with Crippen LogP contribution in [0.3, 0.4) is 0 Å². The normalized spacial score (nSPS) is 23.6. The first-order chi connectivity index (χ1) is 9.97. The molecule has 1 aromatic heterocycles. The standard InChI is InChI=1S/C15H18F3N3/c16-15(17,18)11-3-1-2-10(7-11)14-20-12-5-4-9(8-19)6-13(12)21-14/h4-6,10-11H,1-3,7-8,19H2,(H,20,21). The molecule has 114 valence electrons. The second-order valence-electron chi connectivity index (χ2n) is 5.78. The van der Waals surface area contributed by atoms with E-state index >= 15 is 0 Å². The predicted molar refractivity (Wildman–Crippen MR) is 74.7 cm³/mol. The van der Waals surface area contributed by atoms with Gasteiger partial charge in [-0.2, -0.15) is 13.2 Å². The largest absolute Gasteiger partial charge is 0.391 e. The number of halogens is 3. The summed E-state index contributed by atoms with van der Waals surface area (Å²) in [5.41, 5.74) is 8.22. The van der Waals surface area contributed by atoms with Gasteiger partial charge in [-0.05, 0) is 37.0 Å². The van der Waals surface area contributed by atoms with Crippen LogP contribution in [0.4, 0.5) is 13.2 Å². The Balaban J connectivity index is 1.86. The van der Waals surface area contributed by atoms with E-state index < -0.39 is 12.1 Å². The lowest BCUT2D eigenvalue weighted by molar-refractivity contribution is -0.183. The molecule has 0 spiro atoms. The van der Waals surface area contributed by atoms with E-state index in [9.17, 15) is 13.2 Å². The summed E-state index contributed by atoms with van der Waals surface area (Å²) in [5, 5.41) is 0. The average molecular weight is 297 g/mol. The molecule has 0 saturated heterocycles. The minimum atomic E-state index is -4.10. The molecule has 6 heteroatoms. The Morgan fingerprint density at radius 2 is 2.10 bits per heavy atom. The molecule has 0 bridgehead atoms. The number of imidazole rings is 1. The lowest BCUT2D eigenvalue weighted by Crippen LogP contribution is -2.28. The van der Waals surface area contributed by atoms with Gasteiger partial charge < -0.3 is 10.7 Å². The first-order valence-corrected chi connectivity index (χ1v) is 7.22. The molecule has 1 heterocycles. The zero-order valence-corrected chi connectivity index (χ0v) is 11.6. The molecule has 2 atom stereocenters. The Kier molecular flexibility index (Phi) is 3.65. The fourth-order valence-electron chi connectivity index (χ4n) is 3.13. The fraction of sp³-hybridized carbons (Fsp3) is 0.533. The van der Waals surface area contributed by atoms with Crippen molar-refractivity contribution in [2.24, 2.45) is 11.7 Å². The van der Waals surface area contributed by atoms with Gasteiger partial charge in [0.1, 0.15) is 5.82 Å². The van der Waals surface area contributed by atoms with Crippen LogP contribution in [-0.4, -0.2) is 16.1 Å². The summed E-state index contributed by atoms with van der Waals surface area (Å²) in [6.45, 7) is 0.434. The smallest absolute Gasteiger partial charge is 0.342 e. The monoisotopic (exact) mass is 297 g/mol. The molecule has 0 amide bonds. The second-order valence-corrected chi connectivity index (χ2v) is 5.78. The zero-order chi connectivity index (χ0) is 15.0. The number of hydrogen-bond donors (Lipinski definition) is 2. The van der Waals surface area contributed by atoms with E-state index in [0.29, 0.717) is 18.8 Å². The van der Waals surface area contributed by atoms with Crippen LogP contribution in [0.15, 0.2) is 18.2 Å². The first-order valence-electron chi connectivity index (χ1n) is 7.22. The van der Waals surface area contributed by atoms with E-state index in [4.69, 9.17) is 5.73 Å². The molecule has 21 heavy (non-hydrogen) atoms. The third-order valence-corrected chi connectivity index (χ3v) is 4.32. The quantitative estimate of drug-likeness (QED) is 0.884. The second kappa shape index (κ2) is 5.33. The molecule has 3 nitrogen and oxygen atoms in total. The molecular formula is C15H18F3N3. The Morgan fingerprint density at radius 1 is 1.29 bits per heavy atom. The van der Waals surface area contributed by atoms with Crippen LogP contribution in [-0.2, 0) is 6.54 Å². The van der Waals surface area contributed by atoms with Gasteiger partial charge in [0.15, 0.2) is 0 Å². The lowest BCUT2D eigenvalue weighted by atomic mass is 9.80. The van der Waals surface area contributed by atoms with Crippen LogP contribution in [0.25, 0.3) is 11.0 Å². The van der Waals surface area contributed by atoms with Crippen LogP contribution >= 0.6 is 0 Å². The number of aromatic nitrogens is 2. The van der Waals surface area contributed by atoms with Gasteiger partial charge in [-0.1, -0.05) is 12.5 Å². The summed E-state index contributed by atoms with van der Waals surface area (Å²) < 4.78 is 38.7. The number of hydrogen-bond acceptors (Lipinski definition) is 2. The van der Waals surface area contributed by atoms with E-state index in [-0.39, 0.29) is 18.8 Å². The summed E-state index contributed by atoms with van der Waals surface area (Å²) >= 11 is 0. The number of alkyl halides is 3. The van der Waals surface area contributed by atoms with Gasteiger partial charge in [-0.25, -0.2) is 4.98 Å². The van der Waals surface area contributed by atoms with E-state index in [0.717, 1.165) is 23.0 Å². The Hall–Kier alpha value is -1.56. The van der Waals surface area contributed by atoms with Crippen molar-refractivity contribution < 1.29 is 13.2 Å². The average Bonchev–Trinajstić information content (AvgIpc) is 2.89. The van der Waals surface area contributed by atoms with E-state index in [2.05, 4.69) is 9.97 Å². The van der Waals surface area contributed by atoms with Gasteiger partial charge in [-0.3, -0.25) is 0 Å². The maximum absolute atomic E-state index is 12.9. The SMILES string of the molecule is NCc1ccc2nc(C3CCCC(C(F)(F)F)C3)[nH]c2c1. The molecular weight excluding hydrogens is 279 g/mol. The molecule has 1 saturated carbocycles. The van der Waals surface area contributed by atoms with E-state index in [1.54, 1.807) is 0 Å². The minimum Gasteiger partial charge on any atom is -0.342 e. The number of benzene rings is 1. The summed E-state index contributed by atoms with van der Waals surface area (Å²) in [7, 11) is 0. The summed E-state index contributed by atoms with van der Waals surface area (Å²) in [4.78, 5) is 7.64. The molecule has 0 aliphatic heterocycles. The van der Waals surface area contributed by atoms with Crippen molar-refractivity contribution in [2.75, 3.05) is 0 Å². The molecule has 2 unspecified atom stereocenters. The van der Waals surface area contributed by atoms with Crippen LogP contribution in [0, 0.1) is 5.92 Å². The molecule has 3 N–H and O–H groups in total. The number of H-pyrrole nitrogens is 1. The van der Waals surface area contributed by atoms with Crippen molar-refractivity contribution in [3.63, 3.8) is 0 Å².